The average Bonchev–Trinajstić information content (AvgIpc) is 3.54. The van der Waals surface area contributed by atoms with Crippen molar-refractivity contribution in [3.8, 4) is 0 Å². The van der Waals surface area contributed by atoms with Crippen LogP contribution in [0.2, 0.25) is 0 Å². The summed E-state index contributed by atoms with van der Waals surface area (Å²) in [6, 6.07) is 9.55. The maximum Gasteiger partial charge on any atom is 0.283 e. The Hall–Kier alpha value is -3.02. The van der Waals surface area contributed by atoms with Crippen molar-refractivity contribution in [2.75, 3.05) is 39.1 Å². The summed E-state index contributed by atoms with van der Waals surface area (Å²) in [6.07, 6.45) is 2.78. The van der Waals surface area contributed by atoms with Crippen LogP contribution in [0.4, 0.5) is 10.2 Å². The van der Waals surface area contributed by atoms with Crippen LogP contribution in [0.1, 0.15) is 34.5 Å². The molecule has 1 aliphatic heterocycles. The standard InChI is InChI=1S/C23H28FN5O4S/c1-16-12-28(34(31,32)26(2)3)14-20(16)21-11-22(27(4)13-17-5-7-19(24)8-6-17)29(25-21)23(30)18-9-10-33-15-18/h5-11,15-16,20H,12-14H2,1-4H3. The Bertz CT molecular complexity index is 1260. The molecule has 3 aromatic rings. The van der Waals surface area contributed by atoms with Gasteiger partial charge in [-0.3, -0.25) is 4.79 Å². The minimum atomic E-state index is -3.55. The first kappa shape index (κ1) is 24.1. The van der Waals surface area contributed by atoms with Gasteiger partial charge in [0, 0.05) is 52.8 Å². The number of hydrogen-bond donors (Lipinski definition) is 0. The van der Waals surface area contributed by atoms with E-state index in [9.17, 15) is 17.6 Å². The largest absolute Gasteiger partial charge is 0.472 e. The molecule has 2 atom stereocenters. The van der Waals surface area contributed by atoms with Crippen molar-refractivity contribution < 1.29 is 22.0 Å². The average molecular weight is 490 g/mol. The molecule has 1 saturated heterocycles. The van der Waals surface area contributed by atoms with Gasteiger partial charge in [0.05, 0.1) is 17.5 Å². The van der Waals surface area contributed by atoms with Crippen LogP contribution in [0.15, 0.2) is 53.3 Å². The first-order valence-corrected chi connectivity index (χ1v) is 12.3. The third-order valence-corrected chi connectivity index (χ3v) is 8.01. The highest BCUT2D eigenvalue weighted by Crippen LogP contribution is 2.35. The molecule has 0 saturated carbocycles. The second kappa shape index (κ2) is 9.32. The van der Waals surface area contributed by atoms with Gasteiger partial charge in [-0.2, -0.15) is 26.8 Å². The van der Waals surface area contributed by atoms with E-state index in [2.05, 4.69) is 5.10 Å². The van der Waals surface area contributed by atoms with E-state index in [0.29, 0.717) is 30.2 Å². The summed E-state index contributed by atoms with van der Waals surface area (Å²) < 4.78 is 47.7. The predicted octanol–water partition coefficient (Wildman–Crippen LogP) is 2.78. The highest BCUT2D eigenvalue weighted by Gasteiger charge is 2.40. The van der Waals surface area contributed by atoms with Crippen molar-refractivity contribution in [1.82, 2.24) is 18.4 Å². The lowest BCUT2D eigenvalue weighted by molar-refractivity contribution is 0.0945. The third kappa shape index (κ3) is 4.63. The van der Waals surface area contributed by atoms with E-state index >= 15 is 0 Å². The molecule has 2 unspecified atom stereocenters. The molecule has 4 rings (SSSR count). The molecule has 0 spiro atoms. The Balaban J connectivity index is 1.68. The lowest BCUT2D eigenvalue weighted by atomic mass is 9.95. The number of halogens is 1. The predicted molar refractivity (Wildman–Crippen MR) is 125 cm³/mol. The molecule has 34 heavy (non-hydrogen) atoms. The number of anilines is 1. The number of carbonyl (C=O) groups is 1. The van der Waals surface area contributed by atoms with E-state index in [1.54, 1.807) is 18.2 Å². The van der Waals surface area contributed by atoms with Gasteiger partial charge in [0.25, 0.3) is 16.1 Å². The van der Waals surface area contributed by atoms with E-state index < -0.39 is 10.2 Å². The fraction of sp³-hybridized carbons (Fsp3) is 0.391. The molecule has 1 aromatic carbocycles. The number of hydrogen-bond acceptors (Lipinski definition) is 6. The summed E-state index contributed by atoms with van der Waals surface area (Å²) in [7, 11) is 1.29. The van der Waals surface area contributed by atoms with E-state index in [1.165, 1.54) is 52.0 Å². The third-order valence-electron chi connectivity index (χ3n) is 6.14. The zero-order chi connectivity index (χ0) is 24.6. The normalized spacial score (nSPS) is 19.1. The number of benzene rings is 1. The highest BCUT2D eigenvalue weighted by atomic mass is 32.2. The van der Waals surface area contributed by atoms with Gasteiger partial charge in [-0.1, -0.05) is 19.1 Å². The van der Waals surface area contributed by atoms with Gasteiger partial charge in [0.1, 0.15) is 17.9 Å². The van der Waals surface area contributed by atoms with Gasteiger partial charge >= 0.3 is 0 Å². The lowest BCUT2D eigenvalue weighted by Crippen LogP contribution is -2.38. The first-order chi connectivity index (χ1) is 16.1. The summed E-state index contributed by atoms with van der Waals surface area (Å²) in [5.41, 5.74) is 1.86. The molecule has 0 N–H and O–H groups in total. The quantitative estimate of drug-likeness (QED) is 0.507. The molecule has 0 bridgehead atoms. The Kier molecular flexibility index (Phi) is 6.61. The maximum atomic E-state index is 13.3. The van der Waals surface area contributed by atoms with Crippen molar-refractivity contribution in [2.24, 2.45) is 5.92 Å². The fourth-order valence-corrected chi connectivity index (χ4v) is 5.41. The topological polar surface area (TPSA) is 91.9 Å². The second-order valence-electron chi connectivity index (χ2n) is 8.83. The van der Waals surface area contributed by atoms with Gasteiger partial charge in [-0.25, -0.2) is 4.39 Å². The van der Waals surface area contributed by atoms with Crippen LogP contribution >= 0.6 is 0 Å². The van der Waals surface area contributed by atoms with Crippen LogP contribution in [0.25, 0.3) is 0 Å². The Morgan fingerprint density at radius 2 is 1.88 bits per heavy atom. The van der Waals surface area contributed by atoms with Crippen LogP contribution in [-0.2, 0) is 16.8 Å². The van der Waals surface area contributed by atoms with E-state index in [4.69, 9.17) is 4.42 Å². The van der Waals surface area contributed by atoms with Crippen LogP contribution in [0, 0.1) is 11.7 Å². The van der Waals surface area contributed by atoms with Crippen molar-refractivity contribution in [1.29, 1.82) is 0 Å². The lowest BCUT2D eigenvalue weighted by Gasteiger charge is -2.20. The second-order valence-corrected chi connectivity index (χ2v) is 11.0. The van der Waals surface area contributed by atoms with Gasteiger partial charge in [-0.15, -0.1) is 0 Å². The highest BCUT2D eigenvalue weighted by molar-refractivity contribution is 7.86. The molecule has 9 nitrogen and oxygen atoms in total. The van der Waals surface area contributed by atoms with Gasteiger partial charge in [0.15, 0.2) is 0 Å². The Labute approximate surface area is 198 Å². The molecule has 0 aliphatic carbocycles. The number of carbonyl (C=O) groups excluding carboxylic acids is 1. The smallest absolute Gasteiger partial charge is 0.283 e. The monoisotopic (exact) mass is 489 g/mol. The summed E-state index contributed by atoms with van der Waals surface area (Å²) in [6.45, 7) is 3.05. The SMILES string of the molecule is CC1CN(S(=O)(=O)N(C)C)CC1c1cc(N(C)Cc2ccc(F)cc2)n(C(=O)c2ccoc2)n1. The molecule has 1 fully saturated rings. The Morgan fingerprint density at radius 3 is 2.50 bits per heavy atom. The number of nitrogens with zero attached hydrogens (tertiary/aromatic N) is 5. The molecular weight excluding hydrogens is 461 g/mol. The molecule has 1 aliphatic rings. The van der Waals surface area contributed by atoms with Gasteiger partial charge in [-0.05, 0) is 29.7 Å². The molecule has 3 heterocycles. The number of aromatic nitrogens is 2. The van der Waals surface area contributed by atoms with Crippen molar-refractivity contribution in [3.63, 3.8) is 0 Å². The van der Waals surface area contributed by atoms with E-state index in [0.717, 1.165) is 5.56 Å². The molecule has 2 aromatic heterocycles. The number of rotatable bonds is 7. The zero-order valence-corrected chi connectivity index (χ0v) is 20.4. The van der Waals surface area contributed by atoms with Crippen LogP contribution < -0.4 is 4.90 Å². The first-order valence-electron chi connectivity index (χ1n) is 10.9. The minimum absolute atomic E-state index is 0.0114. The van der Waals surface area contributed by atoms with Gasteiger partial charge < -0.3 is 9.32 Å². The molecule has 0 radical (unpaired) electrons. The van der Waals surface area contributed by atoms with Crippen molar-refractivity contribution in [3.05, 3.63) is 71.6 Å². The van der Waals surface area contributed by atoms with E-state index in [1.807, 2.05) is 24.9 Å². The molecule has 0 amide bonds. The van der Waals surface area contributed by atoms with E-state index in [-0.39, 0.29) is 30.1 Å². The fourth-order valence-electron chi connectivity index (χ4n) is 4.17. The summed E-state index contributed by atoms with van der Waals surface area (Å²) in [5, 5.41) is 4.63. The molecular formula is C23H28FN5O4S. The maximum absolute atomic E-state index is 13.3. The van der Waals surface area contributed by atoms with Crippen LogP contribution in [0.5, 0.6) is 0 Å². The summed E-state index contributed by atoms with van der Waals surface area (Å²) in [4.78, 5) is 15.1. The molecule has 182 valence electrons. The Morgan fingerprint density at radius 1 is 1.18 bits per heavy atom. The summed E-state index contributed by atoms with van der Waals surface area (Å²) in [5.74, 6) is -0.291. The number of furan rings is 1. The zero-order valence-electron chi connectivity index (χ0n) is 19.6. The molecule has 11 heteroatoms. The van der Waals surface area contributed by atoms with Gasteiger partial charge in [0.2, 0.25) is 0 Å². The van der Waals surface area contributed by atoms with Crippen LogP contribution in [-0.4, -0.2) is 66.9 Å². The summed E-state index contributed by atoms with van der Waals surface area (Å²) >= 11 is 0. The van der Waals surface area contributed by atoms with Crippen LogP contribution in [0.3, 0.4) is 0 Å². The minimum Gasteiger partial charge on any atom is -0.472 e. The van der Waals surface area contributed by atoms with Crippen molar-refractivity contribution in [2.45, 2.75) is 19.4 Å². The van der Waals surface area contributed by atoms with Crippen molar-refractivity contribution >= 4 is 21.9 Å².